The Labute approximate surface area is 195 Å². The van der Waals surface area contributed by atoms with Crippen molar-refractivity contribution in [1.82, 2.24) is 19.3 Å². The van der Waals surface area contributed by atoms with Crippen LogP contribution in [0.15, 0.2) is 70.1 Å². The van der Waals surface area contributed by atoms with Crippen molar-refractivity contribution in [3.05, 3.63) is 77.7 Å². The fourth-order valence-corrected chi connectivity index (χ4v) is 5.52. The fourth-order valence-electron chi connectivity index (χ4n) is 4.08. The number of fused-ring (bicyclic) bond motifs is 1. The molecule has 5 rings (SSSR count). The number of aromatic nitrogens is 2. The number of amides is 1. The van der Waals surface area contributed by atoms with Crippen LogP contribution in [0, 0.1) is 12.7 Å². The van der Waals surface area contributed by atoms with Crippen LogP contribution in [0.1, 0.15) is 16.1 Å². The summed E-state index contributed by atoms with van der Waals surface area (Å²) in [5.74, 6) is -0.640. The Morgan fingerprint density at radius 2 is 1.68 bits per heavy atom. The van der Waals surface area contributed by atoms with Gasteiger partial charge in [-0.05, 0) is 49.4 Å². The average Bonchev–Trinajstić information content (AvgIpc) is 3.25. The molecule has 1 amide bonds. The second-order valence-electron chi connectivity index (χ2n) is 8.02. The van der Waals surface area contributed by atoms with E-state index in [2.05, 4.69) is 10.1 Å². The number of carbonyl (C=O) groups excluding carboxylic acids is 1. The minimum absolute atomic E-state index is 0.185. The fraction of sp³-hybridized carbons (Fsp3) is 0.208. The van der Waals surface area contributed by atoms with Crippen LogP contribution in [-0.2, 0) is 10.0 Å². The van der Waals surface area contributed by atoms with Crippen LogP contribution < -0.4 is 0 Å². The van der Waals surface area contributed by atoms with Crippen molar-refractivity contribution in [2.45, 2.75) is 11.8 Å². The van der Waals surface area contributed by atoms with E-state index in [0.29, 0.717) is 27.9 Å². The van der Waals surface area contributed by atoms with E-state index in [9.17, 15) is 17.6 Å². The van der Waals surface area contributed by atoms with E-state index < -0.39 is 10.0 Å². The number of piperazine rings is 1. The third kappa shape index (κ3) is 3.95. The Hall–Kier alpha value is -3.63. The maximum absolute atomic E-state index is 13.5. The molecule has 0 atom stereocenters. The summed E-state index contributed by atoms with van der Waals surface area (Å²) in [4.78, 5) is 19.8. The van der Waals surface area contributed by atoms with E-state index in [0.717, 1.165) is 0 Å². The van der Waals surface area contributed by atoms with Gasteiger partial charge in [-0.2, -0.15) is 4.31 Å². The zero-order valence-corrected chi connectivity index (χ0v) is 19.1. The highest BCUT2D eigenvalue weighted by molar-refractivity contribution is 7.89. The van der Waals surface area contributed by atoms with Gasteiger partial charge < -0.3 is 9.42 Å². The number of aryl methyl sites for hydroxylation is 1. The molecular weight excluding hydrogens is 459 g/mol. The molecule has 4 aromatic rings. The quantitative estimate of drug-likeness (QED) is 0.444. The highest BCUT2D eigenvalue weighted by Crippen LogP contribution is 2.29. The van der Waals surface area contributed by atoms with Gasteiger partial charge in [0, 0.05) is 31.7 Å². The number of nitrogens with zero attached hydrogens (tertiary/aromatic N) is 4. The van der Waals surface area contributed by atoms with Gasteiger partial charge in [-0.3, -0.25) is 4.79 Å². The zero-order valence-electron chi connectivity index (χ0n) is 18.3. The van der Waals surface area contributed by atoms with Crippen LogP contribution in [0.2, 0.25) is 0 Å². The molecule has 0 saturated carbocycles. The molecular formula is C24H21FN4O4S. The van der Waals surface area contributed by atoms with Crippen LogP contribution in [0.25, 0.3) is 22.4 Å². The van der Waals surface area contributed by atoms with Gasteiger partial charge >= 0.3 is 0 Å². The molecule has 174 valence electrons. The largest absolute Gasteiger partial charge is 0.336 e. The second kappa shape index (κ2) is 8.62. The van der Waals surface area contributed by atoms with Gasteiger partial charge in [0.05, 0.1) is 27.2 Å². The van der Waals surface area contributed by atoms with Crippen LogP contribution in [0.5, 0.6) is 0 Å². The lowest BCUT2D eigenvalue weighted by Gasteiger charge is -2.34. The summed E-state index contributed by atoms with van der Waals surface area (Å²) in [6, 6.07) is 15.7. The summed E-state index contributed by atoms with van der Waals surface area (Å²) in [5, 5.41) is 4.46. The summed E-state index contributed by atoms with van der Waals surface area (Å²) >= 11 is 0. The number of rotatable bonds is 4. The molecule has 1 aliphatic rings. The molecule has 1 aliphatic heterocycles. The summed E-state index contributed by atoms with van der Waals surface area (Å²) in [6.07, 6.45) is 0. The molecule has 8 nitrogen and oxygen atoms in total. The number of benzene rings is 2. The topological polar surface area (TPSA) is 96.6 Å². The SMILES string of the molecule is Cc1noc2nc(-c3ccc(F)cc3)cc(C(=O)N3CCN(S(=O)(=O)c4ccccc4)CC3)c12. The summed E-state index contributed by atoms with van der Waals surface area (Å²) in [7, 11) is -3.62. The van der Waals surface area contributed by atoms with Gasteiger partial charge in [0.2, 0.25) is 10.0 Å². The molecule has 0 bridgehead atoms. The minimum atomic E-state index is -3.62. The monoisotopic (exact) mass is 480 g/mol. The van der Waals surface area contributed by atoms with E-state index in [1.54, 1.807) is 60.4 Å². The smallest absolute Gasteiger partial charge is 0.259 e. The standard InChI is InChI=1S/C24H21FN4O4S/c1-16-22-20(15-21(26-23(22)33-27-16)17-7-9-18(25)10-8-17)24(30)28-11-13-29(14-12-28)34(31,32)19-5-3-2-4-6-19/h2-10,15H,11-14H2,1H3. The number of pyridine rings is 1. The molecule has 0 radical (unpaired) electrons. The average molecular weight is 481 g/mol. The normalized spacial score (nSPS) is 15.1. The first-order chi connectivity index (χ1) is 16.3. The first kappa shape index (κ1) is 22.2. The molecule has 0 aliphatic carbocycles. The first-order valence-corrected chi connectivity index (χ1v) is 12.2. The number of hydrogen-bond donors (Lipinski definition) is 0. The molecule has 0 unspecified atom stereocenters. The lowest BCUT2D eigenvalue weighted by Crippen LogP contribution is -2.50. The lowest BCUT2D eigenvalue weighted by molar-refractivity contribution is 0.0699. The van der Waals surface area contributed by atoms with Crippen LogP contribution in [-0.4, -0.2) is 59.8 Å². The highest BCUT2D eigenvalue weighted by Gasteiger charge is 2.31. The highest BCUT2D eigenvalue weighted by atomic mass is 32.2. The molecule has 3 heterocycles. The predicted molar refractivity (Wildman–Crippen MR) is 123 cm³/mol. The molecule has 34 heavy (non-hydrogen) atoms. The first-order valence-electron chi connectivity index (χ1n) is 10.7. The van der Waals surface area contributed by atoms with E-state index >= 15 is 0 Å². The van der Waals surface area contributed by atoms with Crippen molar-refractivity contribution in [2.75, 3.05) is 26.2 Å². The van der Waals surface area contributed by atoms with Crippen molar-refractivity contribution in [2.24, 2.45) is 0 Å². The van der Waals surface area contributed by atoms with Crippen molar-refractivity contribution < 1.29 is 22.1 Å². The molecule has 1 fully saturated rings. The number of hydrogen-bond acceptors (Lipinski definition) is 6. The molecule has 0 spiro atoms. The molecule has 1 saturated heterocycles. The molecule has 2 aromatic heterocycles. The van der Waals surface area contributed by atoms with Gasteiger partial charge in [-0.1, -0.05) is 23.4 Å². The molecule has 0 N–H and O–H groups in total. The van der Waals surface area contributed by atoms with Gasteiger partial charge in [0.25, 0.3) is 11.6 Å². The third-order valence-corrected chi connectivity index (χ3v) is 7.81. The predicted octanol–water partition coefficient (Wildman–Crippen LogP) is 3.48. The third-order valence-electron chi connectivity index (χ3n) is 5.89. The van der Waals surface area contributed by atoms with Crippen LogP contribution in [0.4, 0.5) is 4.39 Å². The molecule has 2 aromatic carbocycles. The van der Waals surface area contributed by atoms with Gasteiger partial charge in [-0.15, -0.1) is 0 Å². The number of carbonyl (C=O) groups is 1. The van der Waals surface area contributed by atoms with E-state index in [-0.39, 0.29) is 48.5 Å². The summed E-state index contributed by atoms with van der Waals surface area (Å²) < 4.78 is 45.9. The van der Waals surface area contributed by atoms with E-state index in [1.807, 2.05) is 0 Å². The number of halogens is 1. The van der Waals surface area contributed by atoms with E-state index in [4.69, 9.17) is 4.52 Å². The number of sulfonamides is 1. The second-order valence-corrected chi connectivity index (χ2v) is 9.96. The zero-order chi connectivity index (χ0) is 23.9. The van der Waals surface area contributed by atoms with Crippen molar-refractivity contribution >= 4 is 27.0 Å². The van der Waals surface area contributed by atoms with Gasteiger partial charge in [-0.25, -0.2) is 17.8 Å². The lowest BCUT2D eigenvalue weighted by atomic mass is 10.0. The van der Waals surface area contributed by atoms with Crippen molar-refractivity contribution in [3.8, 4) is 11.3 Å². The van der Waals surface area contributed by atoms with Crippen molar-refractivity contribution in [3.63, 3.8) is 0 Å². The Morgan fingerprint density at radius 3 is 2.35 bits per heavy atom. The van der Waals surface area contributed by atoms with Crippen LogP contribution in [0.3, 0.4) is 0 Å². The maximum atomic E-state index is 13.5. The van der Waals surface area contributed by atoms with Gasteiger partial charge in [0.1, 0.15) is 5.82 Å². The minimum Gasteiger partial charge on any atom is -0.336 e. The molecule has 10 heteroatoms. The Bertz CT molecular complexity index is 1460. The summed E-state index contributed by atoms with van der Waals surface area (Å²) in [5.41, 5.74) is 2.19. The van der Waals surface area contributed by atoms with Gasteiger partial charge in [0.15, 0.2) is 0 Å². The van der Waals surface area contributed by atoms with Crippen molar-refractivity contribution in [1.29, 1.82) is 0 Å². The maximum Gasteiger partial charge on any atom is 0.259 e. The Morgan fingerprint density at radius 1 is 1.00 bits per heavy atom. The Balaban J connectivity index is 1.43. The summed E-state index contributed by atoms with van der Waals surface area (Å²) in [6.45, 7) is 2.58. The van der Waals surface area contributed by atoms with Crippen LogP contribution >= 0.6 is 0 Å². The Kier molecular flexibility index (Phi) is 5.62. The van der Waals surface area contributed by atoms with E-state index in [1.165, 1.54) is 16.4 Å².